The summed E-state index contributed by atoms with van der Waals surface area (Å²) >= 11 is 0. The standard InChI is InChI=1S/C14H17N3/c1-11-6-7-12-4-2-3-5-14(12)17(11)9-13-8-15-10-16-13/h2-5,8,10-11H,6-7,9H2,1H3,(H,15,16)/t11-/m0/s1. The molecule has 88 valence electrons. The van der Waals surface area contributed by atoms with Crippen LogP contribution in [-0.4, -0.2) is 16.0 Å². The molecule has 2 aromatic rings. The number of benzene rings is 1. The van der Waals surface area contributed by atoms with Crippen LogP contribution in [0.3, 0.4) is 0 Å². The van der Waals surface area contributed by atoms with E-state index < -0.39 is 0 Å². The third-order valence-corrected chi connectivity index (χ3v) is 3.56. The minimum atomic E-state index is 0.591. The van der Waals surface area contributed by atoms with Gasteiger partial charge in [-0.25, -0.2) is 4.98 Å². The zero-order valence-electron chi connectivity index (χ0n) is 10.1. The largest absolute Gasteiger partial charge is 0.363 e. The fourth-order valence-electron chi connectivity index (χ4n) is 2.56. The lowest BCUT2D eigenvalue weighted by molar-refractivity contribution is 0.557. The maximum atomic E-state index is 4.09. The van der Waals surface area contributed by atoms with Gasteiger partial charge in [0.15, 0.2) is 0 Å². The first-order valence-electron chi connectivity index (χ1n) is 6.16. The number of rotatable bonds is 2. The van der Waals surface area contributed by atoms with Gasteiger partial charge in [0.2, 0.25) is 0 Å². The van der Waals surface area contributed by atoms with Crippen LogP contribution in [0.4, 0.5) is 5.69 Å². The topological polar surface area (TPSA) is 31.9 Å². The fraction of sp³-hybridized carbons (Fsp3) is 0.357. The molecule has 0 fully saturated rings. The van der Waals surface area contributed by atoms with E-state index in [-0.39, 0.29) is 0 Å². The first-order chi connectivity index (χ1) is 8.34. The molecule has 3 nitrogen and oxygen atoms in total. The van der Waals surface area contributed by atoms with Crippen molar-refractivity contribution in [3.8, 4) is 0 Å². The minimum absolute atomic E-state index is 0.591. The second-order valence-corrected chi connectivity index (χ2v) is 4.72. The molecule has 1 aromatic carbocycles. The van der Waals surface area contributed by atoms with Crippen molar-refractivity contribution >= 4 is 5.69 Å². The van der Waals surface area contributed by atoms with E-state index in [4.69, 9.17) is 0 Å². The Morgan fingerprint density at radius 2 is 2.29 bits per heavy atom. The normalized spacial score (nSPS) is 19.1. The third kappa shape index (κ3) is 1.93. The molecule has 0 saturated heterocycles. The van der Waals surface area contributed by atoms with Crippen molar-refractivity contribution in [1.29, 1.82) is 0 Å². The highest BCUT2D eigenvalue weighted by Crippen LogP contribution is 2.31. The Kier molecular flexibility index (Phi) is 2.59. The average molecular weight is 227 g/mol. The molecule has 1 aromatic heterocycles. The van der Waals surface area contributed by atoms with E-state index in [9.17, 15) is 0 Å². The summed E-state index contributed by atoms with van der Waals surface area (Å²) in [4.78, 5) is 9.73. The number of anilines is 1. The molecule has 0 bridgehead atoms. The van der Waals surface area contributed by atoms with Crippen LogP contribution < -0.4 is 4.90 Å². The molecule has 0 saturated carbocycles. The minimum Gasteiger partial charge on any atom is -0.363 e. The quantitative estimate of drug-likeness (QED) is 0.855. The van der Waals surface area contributed by atoms with Gasteiger partial charge in [-0.3, -0.25) is 0 Å². The molecule has 17 heavy (non-hydrogen) atoms. The summed E-state index contributed by atoms with van der Waals surface area (Å²) in [7, 11) is 0. The van der Waals surface area contributed by atoms with Gasteiger partial charge in [0.1, 0.15) is 0 Å². The van der Waals surface area contributed by atoms with Gasteiger partial charge in [0.05, 0.1) is 18.6 Å². The highest BCUT2D eigenvalue weighted by Gasteiger charge is 2.22. The Morgan fingerprint density at radius 3 is 3.12 bits per heavy atom. The van der Waals surface area contributed by atoms with Crippen LogP contribution in [0.25, 0.3) is 0 Å². The SMILES string of the molecule is C[C@H]1CCc2ccccc2N1Cc1cnc[nH]1. The molecular weight excluding hydrogens is 210 g/mol. The van der Waals surface area contributed by atoms with E-state index in [1.165, 1.54) is 29.8 Å². The van der Waals surface area contributed by atoms with Crippen LogP contribution in [0.1, 0.15) is 24.6 Å². The zero-order valence-corrected chi connectivity index (χ0v) is 10.1. The Balaban J connectivity index is 1.92. The summed E-state index contributed by atoms with van der Waals surface area (Å²) in [6, 6.07) is 9.30. The van der Waals surface area contributed by atoms with Crippen LogP contribution in [-0.2, 0) is 13.0 Å². The molecule has 1 aliphatic rings. The summed E-state index contributed by atoms with van der Waals surface area (Å²) in [5.74, 6) is 0. The molecule has 0 radical (unpaired) electrons. The first-order valence-corrected chi connectivity index (χ1v) is 6.16. The summed E-state index contributed by atoms with van der Waals surface area (Å²) in [5.41, 5.74) is 4.01. The van der Waals surface area contributed by atoms with Crippen molar-refractivity contribution < 1.29 is 0 Å². The lowest BCUT2D eigenvalue weighted by Gasteiger charge is -2.36. The zero-order chi connectivity index (χ0) is 11.7. The van der Waals surface area contributed by atoms with Crippen molar-refractivity contribution in [1.82, 2.24) is 9.97 Å². The predicted octanol–water partition coefficient (Wildman–Crippen LogP) is 2.75. The fourth-order valence-corrected chi connectivity index (χ4v) is 2.56. The highest BCUT2D eigenvalue weighted by atomic mass is 15.2. The molecule has 1 aliphatic heterocycles. The van der Waals surface area contributed by atoms with Gasteiger partial charge in [-0.15, -0.1) is 0 Å². The monoisotopic (exact) mass is 227 g/mol. The number of aryl methyl sites for hydroxylation is 1. The van der Waals surface area contributed by atoms with Crippen LogP contribution >= 0.6 is 0 Å². The molecule has 3 rings (SSSR count). The van der Waals surface area contributed by atoms with Gasteiger partial charge in [0, 0.05) is 17.9 Å². The van der Waals surface area contributed by atoms with Gasteiger partial charge in [-0.2, -0.15) is 0 Å². The Hall–Kier alpha value is -1.77. The molecule has 1 atom stereocenters. The van der Waals surface area contributed by atoms with E-state index in [0.717, 1.165) is 6.54 Å². The van der Waals surface area contributed by atoms with Gasteiger partial charge in [-0.05, 0) is 31.4 Å². The number of nitrogens with one attached hydrogen (secondary N) is 1. The highest BCUT2D eigenvalue weighted by molar-refractivity contribution is 5.56. The van der Waals surface area contributed by atoms with Crippen molar-refractivity contribution in [2.45, 2.75) is 32.4 Å². The number of aromatic amines is 1. The van der Waals surface area contributed by atoms with E-state index in [1.54, 1.807) is 6.33 Å². The summed E-state index contributed by atoms with van der Waals surface area (Å²) in [6.07, 6.45) is 6.07. The van der Waals surface area contributed by atoms with E-state index in [0.29, 0.717) is 6.04 Å². The molecule has 0 unspecified atom stereocenters. The van der Waals surface area contributed by atoms with Crippen LogP contribution in [0.15, 0.2) is 36.8 Å². The lowest BCUT2D eigenvalue weighted by atomic mass is 9.96. The van der Waals surface area contributed by atoms with Crippen molar-refractivity contribution in [3.05, 3.63) is 48.0 Å². The Bertz CT molecular complexity index is 490. The molecule has 1 N–H and O–H groups in total. The van der Waals surface area contributed by atoms with Crippen molar-refractivity contribution in [2.75, 3.05) is 4.90 Å². The van der Waals surface area contributed by atoms with Gasteiger partial charge < -0.3 is 9.88 Å². The van der Waals surface area contributed by atoms with Crippen molar-refractivity contribution in [3.63, 3.8) is 0 Å². The summed E-state index contributed by atoms with van der Waals surface area (Å²) in [6.45, 7) is 3.21. The number of hydrogen-bond acceptors (Lipinski definition) is 2. The second-order valence-electron chi connectivity index (χ2n) is 4.72. The molecule has 0 amide bonds. The molecule has 0 aliphatic carbocycles. The summed E-state index contributed by atoms with van der Waals surface area (Å²) < 4.78 is 0. The van der Waals surface area contributed by atoms with E-state index in [1.807, 2.05) is 6.20 Å². The Labute approximate surface area is 101 Å². The molecule has 2 heterocycles. The summed E-state index contributed by atoms with van der Waals surface area (Å²) in [5, 5.41) is 0. The van der Waals surface area contributed by atoms with Crippen LogP contribution in [0.2, 0.25) is 0 Å². The van der Waals surface area contributed by atoms with Gasteiger partial charge >= 0.3 is 0 Å². The number of fused-ring (bicyclic) bond motifs is 1. The van der Waals surface area contributed by atoms with E-state index in [2.05, 4.69) is 46.1 Å². The number of hydrogen-bond donors (Lipinski definition) is 1. The maximum absolute atomic E-state index is 4.09. The third-order valence-electron chi connectivity index (χ3n) is 3.56. The van der Waals surface area contributed by atoms with Crippen LogP contribution in [0.5, 0.6) is 0 Å². The molecular formula is C14H17N3. The number of para-hydroxylation sites is 1. The smallest absolute Gasteiger partial charge is 0.0922 e. The number of nitrogens with zero attached hydrogens (tertiary/aromatic N) is 2. The first kappa shape index (κ1) is 10.4. The lowest BCUT2D eigenvalue weighted by Crippen LogP contribution is -2.36. The second kappa shape index (κ2) is 4.24. The number of aromatic nitrogens is 2. The Morgan fingerprint density at radius 1 is 1.41 bits per heavy atom. The molecule has 3 heteroatoms. The van der Waals surface area contributed by atoms with Crippen molar-refractivity contribution in [2.24, 2.45) is 0 Å². The molecule has 0 spiro atoms. The maximum Gasteiger partial charge on any atom is 0.0922 e. The van der Waals surface area contributed by atoms with Gasteiger partial charge in [0.25, 0.3) is 0 Å². The number of H-pyrrole nitrogens is 1. The van der Waals surface area contributed by atoms with Gasteiger partial charge in [-0.1, -0.05) is 18.2 Å². The van der Waals surface area contributed by atoms with E-state index >= 15 is 0 Å². The number of imidazole rings is 1. The predicted molar refractivity (Wildman–Crippen MR) is 69.0 cm³/mol. The average Bonchev–Trinajstić information content (AvgIpc) is 2.86. The van der Waals surface area contributed by atoms with Crippen LogP contribution in [0, 0.1) is 0 Å².